The van der Waals surface area contributed by atoms with Gasteiger partial charge in [0.25, 0.3) is 5.91 Å². The van der Waals surface area contributed by atoms with Crippen molar-refractivity contribution in [3.8, 4) is 5.75 Å². The number of esters is 1. The number of aryl methyl sites for hydroxylation is 1. The molecule has 1 N–H and O–H groups in total. The molecule has 0 aliphatic carbocycles. The molecule has 0 aromatic heterocycles. The zero-order chi connectivity index (χ0) is 20.0. The number of hydrogen-bond acceptors (Lipinski definition) is 5. The Morgan fingerprint density at radius 2 is 2.07 bits per heavy atom. The smallest absolute Gasteiger partial charge is 0.308 e. The quantitative estimate of drug-likeness (QED) is 0.734. The molecule has 7 nitrogen and oxygen atoms in total. The van der Waals surface area contributed by atoms with Gasteiger partial charge in [0.2, 0.25) is 5.91 Å². The second-order valence-corrected chi connectivity index (χ2v) is 6.83. The summed E-state index contributed by atoms with van der Waals surface area (Å²) in [5.41, 5.74) is 1.02. The zero-order valence-corrected chi connectivity index (χ0v) is 16.4. The third kappa shape index (κ3) is 5.70. The lowest BCUT2D eigenvalue weighted by atomic mass is 10.1. The average molecular weight is 376 g/mol. The molecule has 1 aliphatic rings. The molecule has 27 heavy (non-hydrogen) atoms. The lowest BCUT2D eigenvalue weighted by Crippen LogP contribution is -2.60. The number of carbonyl (C=O) groups excluding carboxylic acids is 3. The summed E-state index contributed by atoms with van der Waals surface area (Å²) in [7, 11) is 0. The van der Waals surface area contributed by atoms with Gasteiger partial charge in [0, 0.05) is 13.1 Å². The van der Waals surface area contributed by atoms with Crippen molar-refractivity contribution in [1.29, 1.82) is 0 Å². The molecule has 2 amide bonds. The first-order valence-corrected chi connectivity index (χ1v) is 9.32. The minimum absolute atomic E-state index is 0.168. The van der Waals surface area contributed by atoms with Gasteiger partial charge in [-0.15, -0.1) is 0 Å². The van der Waals surface area contributed by atoms with Gasteiger partial charge in [-0.2, -0.15) is 0 Å². The molecule has 1 aliphatic heterocycles. The van der Waals surface area contributed by atoms with Gasteiger partial charge in [0.05, 0.1) is 12.5 Å². The van der Waals surface area contributed by atoms with Crippen LogP contribution >= 0.6 is 0 Å². The number of amides is 2. The van der Waals surface area contributed by atoms with Gasteiger partial charge in [0.15, 0.2) is 6.10 Å². The van der Waals surface area contributed by atoms with E-state index in [0.717, 1.165) is 5.56 Å². The molecule has 0 saturated carbocycles. The molecule has 2 rings (SSSR count). The molecule has 1 fully saturated rings. The zero-order valence-electron chi connectivity index (χ0n) is 16.4. The Kier molecular flexibility index (Phi) is 7.21. The number of piperazine rings is 1. The number of nitrogens with zero attached hydrogens (tertiary/aromatic N) is 1. The second kappa shape index (κ2) is 9.39. The summed E-state index contributed by atoms with van der Waals surface area (Å²) in [4.78, 5) is 38.7. The van der Waals surface area contributed by atoms with E-state index >= 15 is 0 Å². The topological polar surface area (TPSA) is 84.9 Å². The van der Waals surface area contributed by atoms with E-state index in [2.05, 4.69) is 5.32 Å². The predicted octanol–water partition coefficient (Wildman–Crippen LogP) is 1.82. The van der Waals surface area contributed by atoms with Crippen LogP contribution < -0.4 is 10.1 Å². The maximum Gasteiger partial charge on any atom is 0.308 e. The SMILES string of the molecule is CCC(C)OC(=O)CC1C(=O)NCCN1C(=O)C(C)Oc1cccc(C)c1. The van der Waals surface area contributed by atoms with Crippen LogP contribution in [0, 0.1) is 6.92 Å². The third-order valence-corrected chi connectivity index (χ3v) is 4.53. The standard InChI is InChI=1S/C20H28N2O5/c1-5-14(3)26-18(23)12-17-19(24)21-9-10-22(17)20(25)15(4)27-16-8-6-7-13(2)11-16/h6-8,11,14-15,17H,5,9-10,12H2,1-4H3,(H,21,24). The van der Waals surface area contributed by atoms with Crippen LogP contribution in [0.5, 0.6) is 5.75 Å². The Balaban J connectivity index is 2.06. The average Bonchev–Trinajstić information content (AvgIpc) is 2.62. The highest BCUT2D eigenvalue weighted by Crippen LogP contribution is 2.18. The molecule has 1 aromatic rings. The van der Waals surface area contributed by atoms with Crippen LogP contribution in [0.1, 0.15) is 39.2 Å². The first kappa shape index (κ1) is 20.7. The van der Waals surface area contributed by atoms with Crippen molar-refractivity contribution >= 4 is 17.8 Å². The van der Waals surface area contributed by atoms with E-state index < -0.39 is 18.1 Å². The summed E-state index contributed by atoms with van der Waals surface area (Å²) in [5, 5.41) is 2.70. The van der Waals surface area contributed by atoms with Crippen molar-refractivity contribution in [3.63, 3.8) is 0 Å². The van der Waals surface area contributed by atoms with Crippen LogP contribution in [-0.2, 0) is 19.1 Å². The Morgan fingerprint density at radius 1 is 1.33 bits per heavy atom. The van der Waals surface area contributed by atoms with Gasteiger partial charge < -0.3 is 19.7 Å². The van der Waals surface area contributed by atoms with E-state index in [4.69, 9.17) is 9.47 Å². The summed E-state index contributed by atoms with van der Waals surface area (Å²) in [6.45, 7) is 7.95. The highest BCUT2D eigenvalue weighted by atomic mass is 16.5. The lowest BCUT2D eigenvalue weighted by Gasteiger charge is -2.36. The molecular weight excluding hydrogens is 348 g/mol. The molecule has 1 aromatic carbocycles. The Bertz CT molecular complexity index is 691. The Morgan fingerprint density at radius 3 is 2.74 bits per heavy atom. The summed E-state index contributed by atoms with van der Waals surface area (Å²) >= 11 is 0. The lowest BCUT2D eigenvalue weighted by molar-refractivity contribution is -0.156. The third-order valence-electron chi connectivity index (χ3n) is 4.53. The largest absolute Gasteiger partial charge is 0.481 e. The first-order valence-electron chi connectivity index (χ1n) is 9.32. The van der Waals surface area contributed by atoms with E-state index in [0.29, 0.717) is 25.3 Å². The highest BCUT2D eigenvalue weighted by Gasteiger charge is 2.37. The normalized spacial score (nSPS) is 19.0. The van der Waals surface area contributed by atoms with E-state index in [9.17, 15) is 14.4 Å². The maximum atomic E-state index is 12.9. The molecule has 7 heteroatoms. The first-order chi connectivity index (χ1) is 12.8. The van der Waals surface area contributed by atoms with Crippen LogP contribution in [0.15, 0.2) is 24.3 Å². The van der Waals surface area contributed by atoms with E-state index in [1.807, 2.05) is 32.0 Å². The van der Waals surface area contributed by atoms with Gasteiger partial charge in [-0.05, 0) is 44.9 Å². The van der Waals surface area contributed by atoms with Crippen molar-refractivity contribution in [2.45, 2.75) is 58.8 Å². The number of carbonyl (C=O) groups is 3. The number of rotatable bonds is 7. The van der Waals surface area contributed by atoms with Crippen molar-refractivity contribution in [2.24, 2.45) is 0 Å². The van der Waals surface area contributed by atoms with Gasteiger partial charge in [-0.1, -0.05) is 19.1 Å². The number of hydrogen-bond donors (Lipinski definition) is 1. The number of benzene rings is 1. The van der Waals surface area contributed by atoms with Crippen LogP contribution in [0.3, 0.4) is 0 Å². The highest BCUT2D eigenvalue weighted by molar-refractivity contribution is 5.93. The monoisotopic (exact) mass is 376 g/mol. The van der Waals surface area contributed by atoms with Crippen molar-refractivity contribution in [2.75, 3.05) is 13.1 Å². The van der Waals surface area contributed by atoms with Gasteiger partial charge >= 0.3 is 5.97 Å². The van der Waals surface area contributed by atoms with Crippen LogP contribution in [-0.4, -0.2) is 54.0 Å². The fourth-order valence-corrected chi connectivity index (χ4v) is 2.87. The van der Waals surface area contributed by atoms with Gasteiger partial charge in [-0.3, -0.25) is 14.4 Å². The molecule has 3 unspecified atom stereocenters. The summed E-state index contributed by atoms with van der Waals surface area (Å²) in [5.74, 6) is -0.576. The summed E-state index contributed by atoms with van der Waals surface area (Å²) in [6.07, 6.45) is -0.478. The Hall–Kier alpha value is -2.57. The molecule has 0 radical (unpaired) electrons. The molecular formula is C20H28N2O5. The Labute approximate surface area is 160 Å². The maximum absolute atomic E-state index is 12.9. The summed E-state index contributed by atoms with van der Waals surface area (Å²) in [6, 6.07) is 6.53. The number of ether oxygens (including phenoxy) is 2. The fraction of sp³-hybridized carbons (Fsp3) is 0.550. The second-order valence-electron chi connectivity index (χ2n) is 6.83. The number of nitrogens with one attached hydrogen (secondary N) is 1. The van der Waals surface area contributed by atoms with Gasteiger partial charge in [0.1, 0.15) is 11.8 Å². The van der Waals surface area contributed by atoms with Crippen molar-refractivity contribution < 1.29 is 23.9 Å². The molecule has 0 bridgehead atoms. The van der Waals surface area contributed by atoms with Crippen LogP contribution in [0.25, 0.3) is 0 Å². The minimum atomic E-state index is -0.883. The van der Waals surface area contributed by atoms with Crippen molar-refractivity contribution in [1.82, 2.24) is 10.2 Å². The molecule has 148 valence electrons. The molecule has 1 saturated heterocycles. The van der Waals surface area contributed by atoms with Crippen LogP contribution in [0.4, 0.5) is 0 Å². The van der Waals surface area contributed by atoms with Crippen molar-refractivity contribution in [3.05, 3.63) is 29.8 Å². The fourth-order valence-electron chi connectivity index (χ4n) is 2.87. The molecule has 1 heterocycles. The van der Waals surface area contributed by atoms with Crippen LogP contribution in [0.2, 0.25) is 0 Å². The molecule has 0 spiro atoms. The molecule has 3 atom stereocenters. The van der Waals surface area contributed by atoms with E-state index in [1.165, 1.54) is 4.90 Å². The summed E-state index contributed by atoms with van der Waals surface area (Å²) < 4.78 is 11.0. The van der Waals surface area contributed by atoms with E-state index in [1.54, 1.807) is 19.9 Å². The van der Waals surface area contributed by atoms with Gasteiger partial charge in [-0.25, -0.2) is 0 Å². The minimum Gasteiger partial charge on any atom is -0.481 e. The van der Waals surface area contributed by atoms with E-state index in [-0.39, 0.29) is 24.3 Å². The predicted molar refractivity (Wildman–Crippen MR) is 100 cm³/mol.